The summed E-state index contributed by atoms with van der Waals surface area (Å²) in [5.74, 6) is 0. The predicted octanol–water partition coefficient (Wildman–Crippen LogP) is 3.71. The van der Waals surface area contributed by atoms with Gasteiger partial charge in [-0.05, 0) is 45.6 Å². The number of hydrogen-bond donors (Lipinski definition) is 1. The van der Waals surface area contributed by atoms with Crippen LogP contribution in [-0.4, -0.2) is 11.7 Å². The zero-order valence-corrected chi connectivity index (χ0v) is 10.6. The molecule has 0 saturated carbocycles. The van der Waals surface area contributed by atoms with Gasteiger partial charge in [-0.3, -0.25) is 5.32 Å². The van der Waals surface area contributed by atoms with Gasteiger partial charge in [-0.25, -0.2) is 4.79 Å². The minimum Gasteiger partial charge on any atom is -0.444 e. The number of anilines is 1. The SMILES string of the molecule is Cc1csc(C)c1NC(=O)OC(C)(C)C. The van der Waals surface area contributed by atoms with Gasteiger partial charge in [0.2, 0.25) is 0 Å². The van der Waals surface area contributed by atoms with Gasteiger partial charge in [-0.1, -0.05) is 0 Å². The fourth-order valence-corrected chi connectivity index (χ4v) is 1.97. The number of ether oxygens (including phenoxy) is 1. The van der Waals surface area contributed by atoms with E-state index in [0.717, 1.165) is 16.1 Å². The molecule has 1 aromatic rings. The number of thiophene rings is 1. The highest BCUT2D eigenvalue weighted by Crippen LogP contribution is 2.26. The number of nitrogens with one attached hydrogen (secondary N) is 1. The highest BCUT2D eigenvalue weighted by Gasteiger charge is 2.17. The lowest BCUT2D eigenvalue weighted by atomic mass is 10.2. The molecule has 0 spiro atoms. The van der Waals surface area contributed by atoms with E-state index in [2.05, 4.69) is 5.32 Å². The maximum atomic E-state index is 11.5. The largest absolute Gasteiger partial charge is 0.444 e. The van der Waals surface area contributed by atoms with Crippen LogP contribution in [-0.2, 0) is 4.74 Å². The van der Waals surface area contributed by atoms with Gasteiger partial charge in [0, 0.05) is 4.88 Å². The van der Waals surface area contributed by atoms with E-state index in [-0.39, 0.29) is 0 Å². The van der Waals surface area contributed by atoms with Crippen LogP contribution in [0.1, 0.15) is 31.2 Å². The molecular weight excluding hydrogens is 210 g/mol. The van der Waals surface area contributed by atoms with Crippen molar-refractivity contribution < 1.29 is 9.53 Å². The third kappa shape index (κ3) is 3.55. The molecule has 1 amide bonds. The summed E-state index contributed by atoms with van der Waals surface area (Å²) in [6.45, 7) is 9.49. The highest BCUT2D eigenvalue weighted by atomic mass is 32.1. The van der Waals surface area contributed by atoms with Crippen LogP contribution >= 0.6 is 11.3 Å². The Morgan fingerprint density at radius 1 is 1.40 bits per heavy atom. The third-order valence-electron chi connectivity index (χ3n) is 1.78. The summed E-state index contributed by atoms with van der Waals surface area (Å²) in [6.07, 6.45) is -0.396. The van der Waals surface area contributed by atoms with Crippen LogP contribution in [0.25, 0.3) is 0 Å². The van der Waals surface area contributed by atoms with Gasteiger partial charge in [0.1, 0.15) is 5.60 Å². The van der Waals surface area contributed by atoms with Crippen LogP contribution in [0.4, 0.5) is 10.5 Å². The fraction of sp³-hybridized carbons (Fsp3) is 0.545. The first-order valence-corrected chi connectivity index (χ1v) is 5.72. The summed E-state index contributed by atoms with van der Waals surface area (Å²) in [6, 6.07) is 0. The normalized spacial score (nSPS) is 11.3. The highest BCUT2D eigenvalue weighted by molar-refractivity contribution is 7.10. The molecule has 0 aromatic carbocycles. The van der Waals surface area contributed by atoms with Crippen molar-refractivity contribution in [3.8, 4) is 0 Å². The zero-order valence-electron chi connectivity index (χ0n) is 9.80. The van der Waals surface area contributed by atoms with Gasteiger partial charge in [0.25, 0.3) is 0 Å². The lowest BCUT2D eigenvalue weighted by Gasteiger charge is -2.19. The quantitative estimate of drug-likeness (QED) is 0.794. The maximum Gasteiger partial charge on any atom is 0.412 e. The summed E-state index contributed by atoms with van der Waals surface area (Å²) in [4.78, 5) is 12.6. The van der Waals surface area contributed by atoms with E-state index in [0.29, 0.717) is 0 Å². The second-order valence-corrected chi connectivity index (χ2v) is 5.56. The molecule has 1 heterocycles. The molecule has 4 heteroatoms. The molecule has 0 aliphatic heterocycles. The number of hydrogen-bond acceptors (Lipinski definition) is 3. The molecule has 0 unspecified atom stereocenters. The molecule has 0 aliphatic carbocycles. The van der Waals surface area contributed by atoms with Gasteiger partial charge in [0.05, 0.1) is 5.69 Å². The summed E-state index contributed by atoms with van der Waals surface area (Å²) < 4.78 is 5.18. The molecule has 1 rings (SSSR count). The van der Waals surface area contributed by atoms with E-state index in [1.54, 1.807) is 11.3 Å². The molecule has 1 N–H and O–H groups in total. The van der Waals surface area contributed by atoms with E-state index in [4.69, 9.17) is 4.74 Å². The molecule has 1 aromatic heterocycles. The van der Waals surface area contributed by atoms with Gasteiger partial charge in [0.15, 0.2) is 0 Å². The first-order valence-electron chi connectivity index (χ1n) is 4.84. The molecule has 0 bridgehead atoms. The first kappa shape index (κ1) is 12.0. The number of carbonyl (C=O) groups excluding carboxylic acids is 1. The Morgan fingerprint density at radius 3 is 2.40 bits per heavy atom. The summed E-state index contributed by atoms with van der Waals surface area (Å²) in [5.41, 5.74) is 1.49. The second kappa shape index (κ2) is 4.23. The standard InChI is InChI=1S/C11H17NO2S/c1-7-6-15-8(2)9(7)12-10(13)14-11(3,4)5/h6H,1-5H3,(H,12,13). The number of carbonyl (C=O) groups is 1. The average molecular weight is 227 g/mol. The van der Waals surface area contributed by atoms with E-state index < -0.39 is 11.7 Å². The van der Waals surface area contributed by atoms with Gasteiger partial charge >= 0.3 is 6.09 Å². The molecule has 15 heavy (non-hydrogen) atoms. The van der Waals surface area contributed by atoms with Gasteiger partial charge in [-0.2, -0.15) is 0 Å². The van der Waals surface area contributed by atoms with Crippen LogP contribution in [0.3, 0.4) is 0 Å². The maximum absolute atomic E-state index is 11.5. The Labute approximate surface area is 94.5 Å². The van der Waals surface area contributed by atoms with Gasteiger partial charge in [-0.15, -0.1) is 11.3 Å². The molecule has 0 saturated heterocycles. The van der Waals surface area contributed by atoms with E-state index in [1.165, 1.54) is 0 Å². The molecule has 0 aliphatic rings. The summed E-state index contributed by atoms with van der Waals surface area (Å²) in [7, 11) is 0. The molecule has 0 radical (unpaired) electrons. The van der Waals surface area contributed by atoms with Crippen molar-refractivity contribution in [2.45, 2.75) is 40.2 Å². The Bertz CT molecular complexity index is 344. The van der Waals surface area contributed by atoms with Crippen molar-refractivity contribution in [2.75, 3.05) is 5.32 Å². The molecule has 0 fully saturated rings. The second-order valence-electron chi connectivity index (χ2n) is 4.48. The number of amides is 1. The van der Waals surface area contributed by atoms with Crippen LogP contribution in [0, 0.1) is 13.8 Å². The fourth-order valence-electron chi connectivity index (χ4n) is 1.16. The van der Waals surface area contributed by atoms with E-state index in [1.807, 2.05) is 40.0 Å². The molecule has 0 atom stereocenters. The monoisotopic (exact) mass is 227 g/mol. The van der Waals surface area contributed by atoms with Crippen molar-refractivity contribution in [1.29, 1.82) is 0 Å². The number of rotatable bonds is 1. The Hall–Kier alpha value is -1.03. The molecule has 84 valence electrons. The lowest BCUT2D eigenvalue weighted by molar-refractivity contribution is 0.0636. The summed E-state index contributed by atoms with van der Waals surface area (Å²) >= 11 is 1.62. The van der Waals surface area contributed by atoms with Crippen molar-refractivity contribution in [3.63, 3.8) is 0 Å². The minimum absolute atomic E-state index is 0.396. The number of aryl methyl sites for hydroxylation is 2. The van der Waals surface area contributed by atoms with Crippen molar-refractivity contribution in [1.82, 2.24) is 0 Å². The van der Waals surface area contributed by atoms with Crippen molar-refractivity contribution >= 4 is 23.1 Å². The average Bonchev–Trinajstić information content (AvgIpc) is 2.32. The Morgan fingerprint density at radius 2 is 2.00 bits per heavy atom. The smallest absolute Gasteiger partial charge is 0.412 e. The Balaban J connectivity index is 2.67. The van der Waals surface area contributed by atoms with Gasteiger partial charge < -0.3 is 4.74 Å². The van der Waals surface area contributed by atoms with Crippen molar-refractivity contribution in [3.05, 3.63) is 15.8 Å². The third-order valence-corrected chi connectivity index (χ3v) is 2.81. The van der Waals surface area contributed by atoms with E-state index in [9.17, 15) is 4.79 Å². The first-order chi connectivity index (χ1) is 6.79. The zero-order chi connectivity index (χ0) is 11.6. The van der Waals surface area contributed by atoms with Crippen LogP contribution in [0.5, 0.6) is 0 Å². The minimum atomic E-state index is -0.456. The van der Waals surface area contributed by atoms with Crippen molar-refractivity contribution in [2.24, 2.45) is 0 Å². The van der Waals surface area contributed by atoms with Crippen LogP contribution < -0.4 is 5.32 Å². The predicted molar refractivity (Wildman–Crippen MR) is 63.6 cm³/mol. The topological polar surface area (TPSA) is 38.3 Å². The van der Waals surface area contributed by atoms with Crippen LogP contribution in [0.2, 0.25) is 0 Å². The van der Waals surface area contributed by atoms with E-state index >= 15 is 0 Å². The lowest BCUT2D eigenvalue weighted by Crippen LogP contribution is -2.27. The van der Waals surface area contributed by atoms with Crippen LogP contribution in [0.15, 0.2) is 5.38 Å². The Kier molecular flexibility index (Phi) is 3.39. The molecule has 3 nitrogen and oxygen atoms in total. The summed E-state index contributed by atoms with van der Waals surface area (Å²) in [5, 5.41) is 4.78. The molecular formula is C11H17NO2S.